The fraction of sp³-hybridized carbons (Fsp3) is 0.250. The quantitative estimate of drug-likeness (QED) is 0.169. The van der Waals surface area contributed by atoms with Crippen LogP contribution in [-0.2, 0) is 30.9 Å². The number of hydrogen-bond donors (Lipinski definition) is 0. The molecule has 0 fully saturated rings. The molecule has 2 aromatic heterocycles. The summed E-state index contributed by atoms with van der Waals surface area (Å²) in [5.41, 5.74) is 12.3. The van der Waals surface area contributed by atoms with Crippen molar-refractivity contribution in [1.82, 2.24) is 14.5 Å². The number of hydrogen-bond acceptors (Lipinski definition) is 2. The second-order valence-corrected chi connectivity index (χ2v) is 12.9. The van der Waals surface area contributed by atoms with Gasteiger partial charge in [0.15, 0.2) is 0 Å². The number of nitrogens with zero attached hydrogens (tertiary/aromatic N) is 3. The Hall–Kier alpha value is -3.85. The number of para-hydroxylation sites is 1. The van der Waals surface area contributed by atoms with Crippen LogP contribution >= 0.6 is 0 Å². The minimum absolute atomic E-state index is 0. The van der Waals surface area contributed by atoms with Gasteiger partial charge in [0, 0.05) is 32.0 Å². The molecule has 0 atom stereocenters. The minimum Gasteiger partial charge on any atom is -0.333 e. The Balaban J connectivity index is 0.000000248. The van der Waals surface area contributed by atoms with Gasteiger partial charge in [-0.1, -0.05) is 58.0 Å². The van der Waals surface area contributed by atoms with E-state index in [4.69, 9.17) is 4.98 Å². The van der Waals surface area contributed by atoms with Crippen LogP contribution < -0.4 is 0 Å². The summed E-state index contributed by atoms with van der Waals surface area (Å²) in [4.78, 5) is 9.41. The SMILES string of the molecule is Cc1cccc(C)c1-n1c(-c2[c-]cccc2)nc2cc3c(cc21)C(C)(C)CCC3(C)C.[Ir].[c-]1ccccc1-c1ccccn1. The Bertz CT molecular complexity index is 1810. The van der Waals surface area contributed by atoms with Crippen LogP contribution in [-0.4, -0.2) is 14.5 Å². The summed E-state index contributed by atoms with van der Waals surface area (Å²) in [5.74, 6) is 0.964. The van der Waals surface area contributed by atoms with Crippen molar-refractivity contribution in [3.63, 3.8) is 0 Å². The summed E-state index contributed by atoms with van der Waals surface area (Å²) in [7, 11) is 0. The van der Waals surface area contributed by atoms with E-state index >= 15 is 0 Å². The molecule has 0 aliphatic heterocycles. The second-order valence-electron chi connectivity index (χ2n) is 12.9. The summed E-state index contributed by atoms with van der Waals surface area (Å²) in [6.45, 7) is 13.9. The van der Waals surface area contributed by atoms with Gasteiger partial charge in [0.1, 0.15) is 0 Å². The standard InChI is InChI=1S/C29H31N2.C11H8N.Ir/c1-19-11-10-12-20(2)26(19)31-25-18-23-22(28(3,4)15-16-29(23,5)6)17-24(25)30-27(31)21-13-8-7-9-14-21;1-2-6-10(7-3-1)11-8-4-5-9-12-11;/h7-13,17-18H,15-16H2,1-6H3;1-6,8-9H;/q2*-1;. The first-order chi connectivity index (χ1) is 20.7. The molecule has 0 saturated carbocycles. The molecule has 0 saturated heterocycles. The van der Waals surface area contributed by atoms with Crippen molar-refractivity contribution >= 4 is 11.0 Å². The van der Waals surface area contributed by atoms with Crippen LogP contribution in [0.5, 0.6) is 0 Å². The third-order valence-corrected chi connectivity index (χ3v) is 8.89. The monoisotopic (exact) mass is 754 g/mol. The molecular weight excluding hydrogens is 715 g/mol. The number of fused-ring (bicyclic) bond motifs is 2. The molecule has 0 unspecified atom stereocenters. The van der Waals surface area contributed by atoms with Crippen LogP contribution in [0.15, 0.2) is 103 Å². The van der Waals surface area contributed by atoms with Gasteiger partial charge in [0.05, 0.1) is 16.9 Å². The molecule has 7 rings (SSSR count). The molecule has 1 aliphatic carbocycles. The van der Waals surface area contributed by atoms with Crippen LogP contribution in [0.1, 0.15) is 62.8 Å². The molecule has 4 aromatic carbocycles. The van der Waals surface area contributed by atoms with Gasteiger partial charge in [0.2, 0.25) is 0 Å². The molecule has 0 spiro atoms. The van der Waals surface area contributed by atoms with Gasteiger partial charge in [-0.3, -0.25) is 4.98 Å². The van der Waals surface area contributed by atoms with Crippen molar-refractivity contribution in [2.24, 2.45) is 0 Å². The Labute approximate surface area is 275 Å². The normalized spacial score (nSPS) is 14.6. The summed E-state index contributed by atoms with van der Waals surface area (Å²) in [6, 6.07) is 39.7. The maximum atomic E-state index is 5.19. The van der Waals surface area contributed by atoms with E-state index in [-0.39, 0.29) is 30.9 Å². The average Bonchev–Trinajstić information content (AvgIpc) is 3.39. The first-order valence-corrected chi connectivity index (χ1v) is 15.1. The number of aryl methyl sites for hydroxylation is 2. The van der Waals surface area contributed by atoms with Crippen LogP contribution in [0.3, 0.4) is 0 Å². The first-order valence-electron chi connectivity index (χ1n) is 15.1. The summed E-state index contributed by atoms with van der Waals surface area (Å²) >= 11 is 0. The molecule has 4 heteroatoms. The number of pyridine rings is 1. The van der Waals surface area contributed by atoms with E-state index in [1.54, 1.807) is 6.20 Å². The van der Waals surface area contributed by atoms with Crippen molar-refractivity contribution in [3.05, 3.63) is 138 Å². The van der Waals surface area contributed by atoms with Gasteiger partial charge < -0.3 is 9.55 Å². The number of imidazole rings is 1. The molecule has 0 N–H and O–H groups in total. The first kappa shape index (κ1) is 31.6. The number of benzene rings is 4. The van der Waals surface area contributed by atoms with E-state index in [1.807, 2.05) is 54.6 Å². The predicted octanol–water partition coefficient (Wildman–Crippen LogP) is 10.0. The summed E-state index contributed by atoms with van der Waals surface area (Å²) < 4.78 is 2.36. The maximum absolute atomic E-state index is 5.19. The van der Waals surface area contributed by atoms with E-state index in [2.05, 4.69) is 106 Å². The van der Waals surface area contributed by atoms with Crippen molar-refractivity contribution in [3.8, 4) is 28.3 Å². The summed E-state index contributed by atoms with van der Waals surface area (Å²) in [5, 5.41) is 0. The van der Waals surface area contributed by atoms with Crippen molar-refractivity contribution < 1.29 is 20.1 Å². The van der Waals surface area contributed by atoms with E-state index in [9.17, 15) is 0 Å². The third-order valence-electron chi connectivity index (χ3n) is 8.89. The smallest absolute Gasteiger partial charge is 0.0777 e. The number of rotatable bonds is 3. The van der Waals surface area contributed by atoms with Gasteiger partial charge in [-0.25, -0.2) is 0 Å². The van der Waals surface area contributed by atoms with Crippen molar-refractivity contribution in [2.45, 2.75) is 65.2 Å². The van der Waals surface area contributed by atoms with Gasteiger partial charge in [-0.15, -0.1) is 71.8 Å². The Morgan fingerprint density at radius 2 is 1.27 bits per heavy atom. The van der Waals surface area contributed by atoms with Crippen molar-refractivity contribution in [2.75, 3.05) is 0 Å². The average molecular weight is 754 g/mol. The Morgan fingerprint density at radius 3 is 1.84 bits per heavy atom. The van der Waals surface area contributed by atoms with E-state index in [0.29, 0.717) is 0 Å². The predicted molar refractivity (Wildman–Crippen MR) is 179 cm³/mol. The molecule has 225 valence electrons. The molecule has 2 heterocycles. The zero-order chi connectivity index (χ0) is 30.2. The van der Waals surface area contributed by atoms with Crippen molar-refractivity contribution in [1.29, 1.82) is 0 Å². The molecule has 1 aliphatic rings. The zero-order valence-corrected chi connectivity index (χ0v) is 28.8. The van der Waals surface area contributed by atoms with E-state index in [1.165, 1.54) is 46.3 Å². The molecule has 0 amide bonds. The minimum atomic E-state index is 0. The molecule has 44 heavy (non-hydrogen) atoms. The second kappa shape index (κ2) is 12.6. The number of aromatic nitrogens is 3. The topological polar surface area (TPSA) is 30.7 Å². The fourth-order valence-corrected chi connectivity index (χ4v) is 6.31. The molecular formula is C40H39IrN3-2. The van der Waals surface area contributed by atoms with Gasteiger partial charge in [0.25, 0.3) is 0 Å². The zero-order valence-electron chi connectivity index (χ0n) is 26.4. The summed E-state index contributed by atoms with van der Waals surface area (Å²) in [6.07, 6.45) is 4.20. The van der Waals surface area contributed by atoms with E-state index < -0.39 is 0 Å². The van der Waals surface area contributed by atoms with Gasteiger partial charge in [-0.05, 0) is 83.7 Å². The van der Waals surface area contributed by atoms with Crippen LogP contribution in [0, 0.1) is 26.0 Å². The molecule has 6 aromatic rings. The van der Waals surface area contributed by atoms with Crippen LogP contribution in [0.4, 0.5) is 0 Å². The third kappa shape index (κ3) is 6.07. The maximum Gasteiger partial charge on any atom is 0.0777 e. The van der Waals surface area contributed by atoms with Gasteiger partial charge >= 0.3 is 0 Å². The molecule has 1 radical (unpaired) electrons. The Morgan fingerprint density at radius 1 is 0.682 bits per heavy atom. The largest absolute Gasteiger partial charge is 0.333 e. The van der Waals surface area contributed by atoms with Gasteiger partial charge in [-0.2, -0.15) is 0 Å². The van der Waals surface area contributed by atoms with E-state index in [0.717, 1.165) is 28.2 Å². The Kier molecular flexibility index (Phi) is 9.07. The molecule has 0 bridgehead atoms. The van der Waals surface area contributed by atoms with Crippen LogP contribution in [0.25, 0.3) is 39.4 Å². The molecule has 3 nitrogen and oxygen atoms in total. The van der Waals surface area contributed by atoms with Crippen LogP contribution in [0.2, 0.25) is 0 Å². The fourth-order valence-electron chi connectivity index (χ4n) is 6.31.